The van der Waals surface area contributed by atoms with Crippen LogP contribution in [0.15, 0.2) is 12.1 Å². The standard InChI is InChI=1S/C21H32N4O/c1-15-13-16(2)24(23-15)12-8-11-22-21(26)20-14-17(3)25(18(20)4)19-9-6-5-7-10-19/h13-14,19H,5-12H2,1-4H3,(H,22,26). The van der Waals surface area contributed by atoms with E-state index in [2.05, 4.69) is 47.9 Å². The minimum absolute atomic E-state index is 0.0496. The first-order chi connectivity index (χ1) is 12.5. The Morgan fingerprint density at radius 1 is 1.12 bits per heavy atom. The zero-order chi connectivity index (χ0) is 18.7. The van der Waals surface area contributed by atoms with Crippen LogP contribution < -0.4 is 5.32 Å². The summed E-state index contributed by atoms with van der Waals surface area (Å²) in [6, 6.07) is 4.70. The number of amides is 1. The van der Waals surface area contributed by atoms with E-state index in [-0.39, 0.29) is 5.91 Å². The molecule has 0 unspecified atom stereocenters. The molecule has 5 heteroatoms. The molecule has 26 heavy (non-hydrogen) atoms. The SMILES string of the molecule is Cc1cc(C)n(CCCNC(=O)c2cc(C)n(C3CCCCC3)c2C)n1. The summed E-state index contributed by atoms with van der Waals surface area (Å²) in [5, 5.41) is 7.55. The van der Waals surface area contributed by atoms with Crippen molar-refractivity contribution >= 4 is 5.91 Å². The minimum atomic E-state index is 0.0496. The molecule has 1 aliphatic carbocycles. The number of nitrogens with zero attached hydrogens (tertiary/aromatic N) is 3. The molecule has 2 aromatic rings. The summed E-state index contributed by atoms with van der Waals surface area (Å²) >= 11 is 0. The largest absolute Gasteiger partial charge is 0.352 e. The Balaban J connectivity index is 1.57. The highest BCUT2D eigenvalue weighted by Gasteiger charge is 2.22. The summed E-state index contributed by atoms with van der Waals surface area (Å²) in [5.74, 6) is 0.0496. The van der Waals surface area contributed by atoms with E-state index in [1.54, 1.807) is 0 Å². The van der Waals surface area contributed by atoms with Crippen LogP contribution in [0.5, 0.6) is 0 Å². The molecular formula is C21H32N4O. The molecule has 3 rings (SSSR count). The van der Waals surface area contributed by atoms with Crippen molar-refractivity contribution in [3.63, 3.8) is 0 Å². The maximum Gasteiger partial charge on any atom is 0.253 e. The number of hydrogen-bond acceptors (Lipinski definition) is 2. The maximum absolute atomic E-state index is 12.6. The fraction of sp³-hybridized carbons (Fsp3) is 0.619. The highest BCUT2D eigenvalue weighted by atomic mass is 16.1. The molecule has 142 valence electrons. The number of nitrogens with one attached hydrogen (secondary N) is 1. The van der Waals surface area contributed by atoms with Gasteiger partial charge in [0.2, 0.25) is 0 Å². The molecule has 1 saturated carbocycles. The van der Waals surface area contributed by atoms with E-state index in [9.17, 15) is 4.79 Å². The van der Waals surface area contributed by atoms with Crippen LogP contribution in [-0.4, -0.2) is 26.8 Å². The molecule has 1 aliphatic rings. The number of aromatic nitrogens is 3. The summed E-state index contributed by atoms with van der Waals surface area (Å²) in [4.78, 5) is 12.6. The Kier molecular flexibility index (Phi) is 5.84. The van der Waals surface area contributed by atoms with Crippen LogP contribution in [0, 0.1) is 27.7 Å². The topological polar surface area (TPSA) is 51.9 Å². The van der Waals surface area contributed by atoms with Gasteiger partial charge in [0, 0.05) is 36.2 Å². The maximum atomic E-state index is 12.6. The minimum Gasteiger partial charge on any atom is -0.352 e. The van der Waals surface area contributed by atoms with E-state index >= 15 is 0 Å². The highest BCUT2D eigenvalue weighted by molar-refractivity contribution is 5.95. The molecule has 1 amide bonds. The lowest BCUT2D eigenvalue weighted by Gasteiger charge is -2.26. The van der Waals surface area contributed by atoms with Gasteiger partial charge in [0.25, 0.3) is 5.91 Å². The van der Waals surface area contributed by atoms with E-state index < -0.39 is 0 Å². The van der Waals surface area contributed by atoms with Gasteiger partial charge in [-0.1, -0.05) is 19.3 Å². The van der Waals surface area contributed by atoms with Crippen LogP contribution in [-0.2, 0) is 6.54 Å². The van der Waals surface area contributed by atoms with Gasteiger partial charge in [-0.2, -0.15) is 5.10 Å². The summed E-state index contributed by atoms with van der Waals surface area (Å²) < 4.78 is 4.40. The molecule has 0 radical (unpaired) electrons. The molecule has 0 aliphatic heterocycles. The summed E-state index contributed by atoms with van der Waals surface area (Å²) in [7, 11) is 0. The fourth-order valence-electron chi connectivity index (χ4n) is 4.34. The van der Waals surface area contributed by atoms with E-state index in [1.807, 2.05) is 11.6 Å². The normalized spacial score (nSPS) is 15.4. The third-order valence-corrected chi connectivity index (χ3v) is 5.60. The second kappa shape index (κ2) is 8.11. The fourth-order valence-corrected chi connectivity index (χ4v) is 4.34. The van der Waals surface area contributed by atoms with Gasteiger partial charge in [-0.3, -0.25) is 9.48 Å². The summed E-state index contributed by atoms with van der Waals surface area (Å²) in [6.45, 7) is 9.80. The number of carbonyl (C=O) groups is 1. The van der Waals surface area contributed by atoms with Crippen molar-refractivity contribution in [2.45, 2.75) is 78.8 Å². The second-order valence-corrected chi connectivity index (χ2v) is 7.71. The van der Waals surface area contributed by atoms with E-state index in [0.29, 0.717) is 12.6 Å². The number of carbonyl (C=O) groups excluding carboxylic acids is 1. The summed E-state index contributed by atoms with van der Waals surface area (Å²) in [5.41, 5.74) is 5.37. The van der Waals surface area contributed by atoms with Crippen molar-refractivity contribution in [2.24, 2.45) is 0 Å². The van der Waals surface area contributed by atoms with Crippen LogP contribution in [0.2, 0.25) is 0 Å². The van der Waals surface area contributed by atoms with E-state index in [1.165, 1.54) is 43.5 Å². The van der Waals surface area contributed by atoms with Gasteiger partial charge in [-0.15, -0.1) is 0 Å². The first-order valence-electron chi connectivity index (χ1n) is 9.95. The van der Waals surface area contributed by atoms with Crippen LogP contribution in [0.4, 0.5) is 0 Å². The van der Waals surface area contributed by atoms with Gasteiger partial charge in [0.15, 0.2) is 0 Å². The van der Waals surface area contributed by atoms with Crippen LogP contribution in [0.3, 0.4) is 0 Å². The molecule has 0 aromatic carbocycles. The van der Waals surface area contributed by atoms with Crippen molar-refractivity contribution in [3.05, 3.63) is 40.5 Å². The van der Waals surface area contributed by atoms with Gasteiger partial charge < -0.3 is 9.88 Å². The quantitative estimate of drug-likeness (QED) is 0.787. The molecule has 2 aromatic heterocycles. The molecule has 0 atom stereocenters. The van der Waals surface area contributed by atoms with Crippen LogP contribution in [0.1, 0.15) is 77.7 Å². The number of rotatable bonds is 6. The number of aryl methyl sites for hydroxylation is 4. The molecule has 1 N–H and O–H groups in total. The predicted molar refractivity (Wildman–Crippen MR) is 105 cm³/mol. The summed E-state index contributed by atoms with van der Waals surface area (Å²) in [6.07, 6.45) is 7.30. The van der Waals surface area contributed by atoms with Gasteiger partial charge in [-0.05, 0) is 59.1 Å². The van der Waals surface area contributed by atoms with Crippen molar-refractivity contribution in [3.8, 4) is 0 Å². The predicted octanol–water partition coefficient (Wildman–Crippen LogP) is 4.24. The zero-order valence-corrected chi connectivity index (χ0v) is 16.6. The Bertz CT molecular complexity index is 765. The van der Waals surface area contributed by atoms with E-state index in [0.717, 1.165) is 29.9 Å². The molecular weight excluding hydrogens is 324 g/mol. The van der Waals surface area contributed by atoms with Crippen molar-refractivity contribution in [1.82, 2.24) is 19.7 Å². The second-order valence-electron chi connectivity index (χ2n) is 7.71. The lowest BCUT2D eigenvalue weighted by Crippen LogP contribution is -2.26. The Morgan fingerprint density at radius 3 is 2.50 bits per heavy atom. The Hall–Kier alpha value is -2.04. The Morgan fingerprint density at radius 2 is 1.85 bits per heavy atom. The Labute approximate surface area is 156 Å². The third-order valence-electron chi connectivity index (χ3n) is 5.60. The zero-order valence-electron chi connectivity index (χ0n) is 16.6. The molecule has 1 fully saturated rings. The lowest BCUT2D eigenvalue weighted by atomic mass is 9.95. The van der Waals surface area contributed by atoms with Gasteiger partial charge >= 0.3 is 0 Å². The molecule has 0 saturated heterocycles. The first-order valence-corrected chi connectivity index (χ1v) is 9.95. The molecule has 0 bridgehead atoms. The van der Waals surface area contributed by atoms with Crippen molar-refractivity contribution in [1.29, 1.82) is 0 Å². The first kappa shape index (κ1) is 18.7. The number of hydrogen-bond donors (Lipinski definition) is 1. The van der Waals surface area contributed by atoms with Gasteiger partial charge in [-0.25, -0.2) is 0 Å². The average Bonchev–Trinajstić information content (AvgIpc) is 3.10. The van der Waals surface area contributed by atoms with Crippen molar-refractivity contribution in [2.75, 3.05) is 6.54 Å². The molecule has 2 heterocycles. The smallest absolute Gasteiger partial charge is 0.253 e. The van der Waals surface area contributed by atoms with Crippen molar-refractivity contribution < 1.29 is 4.79 Å². The highest BCUT2D eigenvalue weighted by Crippen LogP contribution is 2.32. The van der Waals surface area contributed by atoms with Crippen LogP contribution in [0.25, 0.3) is 0 Å². The molecule has 5 nitrogen and oxygen atoms in total. The monoisotopic (exact) mass is 356 g/mol. The van der Waals surface area contributed by atoms with Gasteiger partial charge in [0.1, 0.15) is 0 Å². The van der Waals surface area contributed by atoms with Gasteiger partial charge in [0.05, 0.1) is 11.3 Å². The average molecular weight is 357 g/mol. The molecule has 0 spiro atoms. The third kappa shape index (κ3) is 4.02. The lowest BCUT2D eigenvalue weighted by molar-refractivity contribution is 0.0951. The van der Waals surface area contributed by atoms with Crippen LogP contribution >= 0.6 is 0 Å². The van der Waals surface area contributed by atoms with E-state index in [4.69, 9.17) is 0 Å².